The smallest absolute Gasteiger partial charge is 0.254 e. The minimum atomic E-state index is -3.16. The first-order valence-corrected chi connectivity index (χ1v) is 10.1. The Hall–Kier alpha value is -1.92. The van der Waals surface area contributed by atoms with E-state index in [4.69, 9.17) is 11.6 Å². The van der Waals surface area contributed by atoms with E-state index >= 15 is 0 Å². The fourth-order valence-electron chi connectivity index (χ4n) is 3.01. The largest absolute Gasteiger partial charge is 0.330 e. The number of carbonyl (C=O) groups excluding carboxylic acids is 1. The summed E-state index contributed by atoms with van der Waals surface area (Å²) in [6, 6.07) is 12.0. The number of amides is 1. The van der Waals surface area contributed by atoms with Gasteiger partial charge in [-0.3, -0.25) is 4.79 Å². The van der Waals surface area contributed by atoms with Gasteiger partial charge in [0.1, 0.15) is 5.82 Å². The molecule has 0 unspecified atom stereocenters. The quantitative estimate of drug-likeness (QED) is 0.816. The van der Waals surface area contributed by atoms with Crippen LogP contribution in [0.5, 0.6) is 0 Å². The normalized spacial score (nSPS) is 18.9. The fraction of sp³-hybridized carbons (Fsp3) is 0.278. The molecule has 1 aliphatic heterocycles. The summed E-state index contributed by atoms with van der Waals surface area (Å²) < 4.78 is 37.2. The van der Waals surface area contributed by atoms with E-state index in [1.807, 2.05) is 0 Å². The molecule has 2 aromatic carbocycles. The molecule has 1 saturated heterocycles. The van der Waals surface area contributed by atoms with Gasteiger partial charge in [0.2, 0.25) is 0 Å². The van der Waals surface area contributed by atoms with Gasteiger partial charge in [-0.25, -0.2) is 12.8 Å². The second-order valence-corrected chi connectivity index (χ2v) is 8.80. The summed E-state index contributed by atoms with van der Waals surface area (Å²) >= 11 is 5.96. The van der Waals surface area contributed by atoms with Gasteiger partial charge < -0.3 is 4.90 Å². The summed E-state index contributed by atoms with van der Waals surface area (Å²) in [6.07, 6.45) is 0.379. The molecule has 0 radical (unpaired) electrons. The summed E-state index contributed by atoms with van der Waals surface area (Å²) in [5.41, 5.74) is 0.993. The molecule has 2 aromatic rings. The molecule has 1 aliphatic rings. The average molecular weight is 382 g/mol. The highest BCUT2D eigenvalue weighted by atomic mass is 35.5. The van der Waals surface area contributed by atoms with Crippen molar-refractivity contribution in [3.63, 3.8) is 0 Å². The lowest BCUT2D eigenvalue weighted by Crippen LogP contribution is -2.40. The van der Waals surface area contributed by atoms with Crippen molar-refractivity contribution in [3.05, 3.63) is 70.5 Å². The first-order valence-electron chi connectivity index (χ1n) is 7.85. The topological polar surface area (TPSA) is 54.5 Å². The van der Waals surface area contributed by atoms with Gasteiger partial charge >= 0.3 is 0 Å². The maximum atomic E-state index is 13.5. The average Bonchev–Trinajstić information content (AvgIpc) is 2.92. The standard InChI is InChI=1S/C18H17ClFNO3S/c19-15-5-2-4-14(10-15)18(22)21(17-7-8-25(23,24)12-17)11-13-3-1-6-16(20)9-13/h1-6,9-10,17H,7-8,11-12H2/t17-/m0/s1. The van der Waals surface area contributed by atoms with Crippen LogP contribution in [-0.4, -0.2) is 36.8 Å². The zero-order valence-corrected chi connectivity index (χ0v) is 14.9. The zero-order chi connectivity index (χ0) is 18.0. The minimum Gasteiger partial charge on any atom is -0.330 e. The molecule has 7 heteroatoms. The van der Waals surface area contributed by atoms with Crippen molar-refractivity contribution in [3.8, 4) is 0 Å². The number of benzene rings is 2. The van der Waals surface area contributed by atoms with Crippen molar-refractivity contribution in [2.45, 2.75) is 19.0 Å². The highest BCUT2D eigenvalue weighted by Crippen LogP contribution is 2.23. The van der Waals surface area contributed by atoms with Crippen LogP contribution in [0.4, 0.5) is 4.39 Å². The Morgan fingerprint density at radius 2 is 1.96 bits per heavy atom. The number of sulfone groups is 1. The van der Waals surface area contributed by atoms with E-state index in [2.05, 4.69) is 0 Å². The van der Waals surface area contributed by atoms with Gasteiger partial charge in [-0.15, -0.1) is 0 Å². The van der Waals surface area contributed by atoms with Crippen LogP contribution < -0.4 is 0 Å². The van der Waals surface area contributed by atoms with Gasteiger partial charge in [0.05, 0.1) is 11.5 Å². The summed E-state index contributed by atoms with van der Waals surface area (Å²) in [7, 11) is -3.16. The van der Waals surface area contributed by atoms with Gasteiger partial charge in [-0.1, -0.05) is 29.8 Å². The Morgan fingerprint density at radius 1 is 1.20 bits per heavy atom. The Bertz CT molecular complexity index is 901. The molecular weight excluding hydrogens is 365 g/mol. The van der Waals surface area contributed by atoms with Gasteiger partial charge in [0.15, 0.2) is 9.84 Å². The number of hydrogen-bond donors (Lipinski definition) is 0. The van der Waals surface area contributed by atoms with Gasteiger partial charge in [-0.05, 0) is 42.3 Å². The molecule has 132 valence electrons. The number of nitrogens with zero attached hydrogens (tertiary/aromatic N) is 1. The van der Waals surface area contributed by atoms with E-state index in [0.29, 0.717) is 22.6 Å². The van der Waals surface area contributed by atoms with Crippen LogP contribution in [0.25, 0.3) is 0 Å². The number of rotatable bonds is 4. The number of halogens is 2. The Labute approximate surface area is 151 Å². The molecule has 0 saturated carbocycles. The summed E-state index contributed by atoms with van der Waals surface area (Å²) in [5, 5.41) is 0.426. The second kappa shape index (κ2) is 7.14. The van der Waals surface area contributed by atoms with Crippen molar-refractivity contribution in [2.75, 3.05) is 11.5 Å². The lowest BCUT2D eigenvalue weighted by atomic mass is 10.1. The third-order valence-corrected chi connectivity index (χ3v) is 6.21. The Balaban J connectivity index is 1.92. The first-order chi connectivity index (χ1) is 11.8. The molecule has 0 spiro atoms. The highest BCUT2D eigenvalue weighted by molar-refractivity contribution is 7.91. The van der Waals surface area contributed by atoms with Crippen molar-refractivity contribution in [1.29, 1.82) is 0 Å². The van der Waals surface area contributed by atoms with Gasteiger partial charge in [0, 0.05) is 23.2 Å². The van der Waals surface area contributed by atoms with Crippen LogP contribution in [0.3, 0.4) is 0 Å². The van der Waals surface area contributed by atoms with E-state index in [9.17, 15) is 17.6 Å². The van der Waals surface area contributed by atoms with E-state index < -0.39 is 21.7 Å². The van der Waals surface area contributed by atoms with Crippen LogP contribution in [0.15, 0.2) is 48.5 Å². The first kappa shape index (κ1) is 17.9. The predicted octanol–water partition coefficient (Wildman–Crippen LogP) is 3.31. The van der Waals surface area contributed by atoms with Crippen LogP contribution in [0, 0.1) is 5.82 Å². The van der Waals surface area contributed by atoms with Crippen LogP contribution in [0.1, 0.15) is 22.3 Å². The number of hydrogen-bond acceptors (Lipinski definition) is 3. The molecule has 0 aromatic heterocycles. The second-order valence-electron chi connectivity index (χ2n) is 6.13. The SMILES string of the molecule is O=C(c1cccc(Cl)c1)N(Cc1cccc(F)c1)[C@H]1CCS(=O)(=O)C1. The van der Waals surface area contributed by atoms with Gasteiger partial charge in [0.25, 0.3) is 5.91 Å². The number of carbonyl (C=O) groups is 1. The predicted molar refractivity (Wildman–Crippen MR) is 94.8 cm³/mol. The molecule has 0 N–H and O–H groups in total. The molecule has 25 heavy (non-hydrogen) atoms. The van der Waals surface area contributed by atoms with Crippen molar-refractivity contribution in [2.24, 2.45) is 0 Å². The Morgan fingerprint density at radius 3 is 2.60 bits per heavy atom. The molecule has 4 nitrogen and oxygen atoms in total. The maximum absolute atomic E-state index is 13.5. The van der Waals surface area contributed by atoms with E-state index in [0.717, 1.165) is 0 Å². The lowest BCUT2D eigenvalue weighted by Gasteiger charge is -2.28. The Kier molecular flexibility index (Phi) is 5.11. The van der Waals surface area contributed by atoms with E-state index in [1.165, 1.54) is 17.0 Å². The molecule has 0 bridgehead atoms. The van der Waals surface area contributed by atoms with Gasteiger partial charge in [-0.2, -0.15) is 0 Å². The van der Waals surface area contributed by atoms with E-state index in [-0.39, 0.29) is 24.0 Å². The lowest BCUT2D eigenvalue weighted by molar-refractivity contribution is 0.0680. The third-order valence-electron chi connectivity index (χ3n) is 4.22. The third kappa shape index (κ3) is 4.38. The molecule has 1 atom stereocenters. The highest BCUT2D eigenvalue weighted by Gasteiger charge is 2.35. The molecule has 0 aliphatic carbocycles. The zero-order valence-electron chi connectivity index (χ0n) is 13.4. The monoisotopic (exact) mass is 381 g/mol. The molecule has 1 amide bonds. The minimum absolute atomic E-state index is 0.0557. The van der Waals surface area contributed by atoms with Crippen molar-refractivity contribution < 1.29 is 17.6 Å². The molecule has 1 heterocycles. The van der Waals surface area contributed by atoms with Crippen LogP contribution >= 0.6 is 11.6 Å². The maximum Gasteiger partial charge on any atom is 0.254 e. The molecule has 1 fully saturated rings. The van der Waals surface area contributed by atoms with E-state index in [1.54, 1.807) is 36.4 Å². The summed E-state index contributed by atoms with van der Waals surface area (Å²) in [5.74, 6) is -0.727. The van der Waals surface area contributed by atoms with Crippen molar-refractivity contribution >= 4 is 27.3 Å². The summed E-state index contributed by atoms with van der Waals surface area (Å²) in [6.45, 7) is 0.142. The molecule has 3 rings (SSSR count). The van der Waals surface area contributed by atoms with Crippen LogP contribution in [0.2, 0.25) is 5.02 Å². The fourth-order valence-corrected chi connectivity index (χ4v) is 4.93. The summed E-state index contributed by atoms with van der Waals surface area (Å²) in [4.78, 5) is 14.5. The van der Waals surface area contributed by atoms with Crippen molar-refractivity contribution in [1.82, 2.24) is 4.90 Å². The molecular formula is C18H17ClFNO3S. The van der Waals surface area contributed by atoms with Crippen LogP contribution in [-0.2, 0) is 16.4 Å².